The van der Waals surface area contributed by atoms with Gasteiger partial charge in [0, 0.05) is 23.0 Å². The average Bonchev–Trinajstić information content (AvgIpc) is 2.76. The molecule has 0 radical (unpaired) electrons. The molecule has 3 aromatic rings. The van der Waals surface area contributed by atoms with Gasteiger partial charge in [-0.15, -0.1) is 0 Å². The van der Waals surface area contributed by atoms with Crippen LogP contribution in [0.4, 0.5) is 26.2 Å². The van der Waals surface area contributed by atoms with Crippen LogP contribution in [-0.4, -0.2) is 16.9 Å². The average molecular weight is 436 g/mol. The van der Waals surface area contributed by atoms with Crippen molar-refractivity contribution in [1.29, 1.82) is 0 Å². The zero-order chi connectivity index (χ0) is 23.3. The summed E-state index contributed by atoms with van der Waals surface area (Å²) in [6.45, 7) is 3.01. The van der Waals surface area contributed by atoms with Crippen molar-refractivity contribution in [2.24, 2.45) is 0 Å². The third-order valence-electron chi connectivity index (χ3n) is 4.82. The van der Waals surface area contributed by atoms with Gasteiger partial charge in [0.2, 0.25) is 0 Å². The van der Waals surface area contributed by atoms with Crippen molar-refractivity contribution in [3.05, 3.63) is 99.4 Å². The molecule has 0 aromatic heterocycles. The molecule has 0 spiro atoms. The lowest BCUT2D eigenvalue weighted by molar-refractivity contribution is -0.385. The van der Waals surface area contributed by atoms with Crippen molar-refractivity contribution in [3.63, 3.8) is 0 Å². The Labute approximate surface area is 183 Å². The zero-order valence-corrected chi connectivity index (χ0v) is 17.4. The minimum absolute atomic E-state index is 0.126. The predicted octanol–water partition coefficient (Wildman–Crippen LogP) is 5.18. The van der Waals surface area contributed by atoms with E-state index in [0.717, 1.165) is 17.7 Å². The number of para-hydroxylation sites is 1. The van der Waals surface area contributed by atoms with E-state index in [4.69, 9.17) is 0 Å². The molecule has 0 aliphatic carbocycles. The second-order valence-corrected chi connectivity index (χ2v) is 7.12. The van der Waals surface area contributed by atoms with E-state index in [-0.39, 0.29) is 11.1 Å². The third-order valence-corrected chi connectivity index (χ3v) is 4.82. The highest BCUT2D eigenvalue weighted by Gasteiger charge is 2.20. The summed E-state index contributed by atoms with van der Waals surface area (Å²) in [5, 5.41) is 19.2. The predicted molar refractivity (Wildman–Crippen MR) is 119 cm³/mol. The van der Waals surface area contributed by atoms with Gasteiger partial charge in [0.05, 0.1) is 16.5 Å². The Morgan fingerprint density at radius 2 is 1.56 bits per heavy atom. The van der Waals surface area contributed by atoms with E-state index in [1.165, 1.54) is 6.92 Å². The lowest BCUT2D eigenvalue weighted by Crippen LogP contribution is -2.27. The Bertz CT molecular complexity index is 1150. The number of rotatable bonds is 6. The number of hydrogen-bond acceptors (Lipinski definition) is 4. The number of urea groups is 1. The van der Waals surface area contributed by atoms with Gasteiger partial charge in [0.1, 0.15) is 5.82 Å². The number of benzene rings is 3. The van der Waals surface area contributed by atoms with Gasteiger partial charge in [-0.1, -0.05) is 30.3 Å². The molecule has 164 valence electrons. The minimum atomic E-state index is -0.818. The van der Waals surface area contributed by atoms with E-state index >= 15 is 0 Å². The van der Waals surface area contributed by atoms with E-state index in [9.17, 15) is 24.1 Å². The highest BCUT2D eigenvalue weighted by atomic mass is 19.1. The standard InChI is InChI=1S/C23H21FN4O4/c1-14-20(24)12-17(13-21(14)28(31)32)22(29)25-15(2)16-8-10-19(11-9-16)27-23(30)26-18-6-4-3-5-7-18/h3-13,15H,1-2H3,(H,25,29)(H2,26,27,30). The Morgan fingerprint density at radius 1 is 0.969 bits per heavy atom. The number of nitro groups is 1. The molecule has 0 fully saturated rings. The summed E-state index contributed by atoms with van der Waals surface area (Å²) in [5.74, 6) is -1.45. The molecule has 3 N–H and O–H groups in total. The fourth-order valence-corrected chi connectivity index (χ4v) is 3.02. The van der Waals surface area contributed by atoms with Crippen LogP contribution >= 0.6 is 0 Å². The second-order valence-electron chi connectivity index (χ2n) is 7.12. The van der Waals surface area contributed by atoms with Crippen molar-refractivity contribution >= 4 is 29.0 Å². The Morgan fingerprint density at radius 3 is 2.16 bits per heavy atom. The van der Waals surface area contributed by atoms with Crippen LogP contribution in [0, 0.1) is 22.9 Å². The number of halogens is 1. The molecule has 0 saturated heterocycles. The van der Waals surface area contributed by atoms with Crippen molar-refractivity contribution < 1.29 is 18.9 Å². The molecule has 0 aliphatic heterocycles. The number of carbonyl (C=O) groups excluding carboxylic acids is 2. The number of anilines is 2. The minimum Gasteiger partial charge on any atom is -0.346 e. The van der Waals surface area contributed by atoms with E-state index in [0.29, 0.717) is 11.4 Å². The zero-order valence-electron chi connectivity index (χ0n) is 17.4. The first-order valence-electron chi connectivity index (χ1n) is 9.73. The van der Waals surface area contributed by atoms with E-state index in [2.05, 4.69) is 16.0 Å². The van der Waals surface area contributed by atoms with Crippen LogP contribution in [-0.2, 0) is 0 Å². The van der Waals surface area contributed by atoms with Crippen LogP contribution in [0.15, 0.2) is 66.7 Å². The van der Waals surface area contributed by atoms with Crippen LogP contribution in [0.25, 0.3) is 0 Å². The first-order chi connectivity index (χ1) is 15.2. The SMILES string of the molecule is Cc1c(F)cc(C(=O)NC(C)c2ccc(NC(=O)Nc3ccccc3)cc2)cc1[N+](=O)[O-]. The van der Waals surface area contributed by atoms with Gasteiger partial charge in [-0.05, 0) is 49.7 Å². The molecule has 1 atom stereocenters. The molecular weight excluding hydrogens is 415 g/mol. The summed E-state index contributed by atoms with van der Waals surface area (Å²) in [4.78, 5) is 34.9. The highest BCUT2D eigenvalue weighted by molar-refractivity contribution is 5.99. The van der Waals surface area contributed by atoms with E-state index in [1.54, 1.807) is 43.3 Å². The van der Waals surface area contributed by atoms with Crippen molar-refractivity contribution in [2.75, 3.05) is 10.6 Å². The van der Waals surface area contributed by atoms with Gasteiger partial charge in [0.15, 0.2) is 0 Å². The molecule has 0 heterocycles. The summed E-state index contributed by atoms with van der Waals surface area (Å²) in [6, 6.07) is 17.0. The number of nitro benzene ring substituents is 1. The van der Waals surface area contributed by atoms with Gasteiger partial charge in [-0.25, -0.2) is 9.18 Å². The number of amides is 3. The molecule has 3 rings (SSSR count). The molecule has 3 aromatic carbocycles. The fourth-order valence-electron chi connectivity index (χ4n) is 3.02. The molecule has 9 heteroatoms. The summed E-state index contributed by atoms with van der Waals surface area (Å²) in [7, 11) is 0. The Kier molecular flexibility index (Phi) is 6.79. The van der Waals surface area contributed by atoms with E-state index < -0.39 is 34.4 Å². The largest absolute Gasteiger partial charge is 0.346 e. The maximum Gasteiger partial charge on any atom is 0.323 e. The summed E-state index contributed by atoms with van der Waals surface area (Å²) in [6.07, 6.45) is 0. The lowest BCUT2D eigenvalue weighted by atomic mass is 10.1. The van der Waals surface area contributed by atoms with Gasteiger partial charge >= 0.3 is 6.03 Å². The summed E-state index contributed by atoms with van der Waals surface area (Å²) in [5.41, 5.74) is 1.23. The Hall–Kier alpha value is -4.27. The first kappa shape index (κ1) is 22.4. The fraction of sp³-hybridized carbons (Fsp3) is 0.130. The molecule has 3 amide bonds. The lowest BCUT2D eigenvalue weighted by Gasteiger charge is -2.15. The van der Waals surface area contributed by atoms with Gasteiger partial charge in [-0.3, -0.25) is 14.9 Å². The van der Waals surface area contributed by atoms with E-state index in [1.807, 2.05) is 18.2 Å². The van der Waals surface area contributed by atoms with Gasteiger partial charge < -0.3 is 16.0 Å². The topological polar surface area (TPSA) is 113 Å². The van der Waals surface area contributed by atoms with Crippen LogP contribution in [0.3, 0.4) is 0 Å². The highest BCUT2D eigenvalue weighted by Crippen LogP contribution is 2.24. The van der Waals surface area contributed by atoms with Gasteiger partial charge in [-0.2, -0.15) is 0 Å². The quantitative estimate of drug-likeness (QED) is 0.365. The number of hydrogen-bond donors (Lipinski definition) is 3. The smallest absolute Gasteiger partial charge is 0.323 e. The second kappa shape index (κ2) is 9.69. The molecule has 0 saturated carbocycles. The Balaban J connectivity index is 1.63. The number of carbonyl (C=O) groups is 2. The molecule has 1 unspecified atom stereocenters. The third kappa shape index (κ3) is 5.45. The first-order valence-corrected chi connectivity index (χ1v) is 9.73. The summed E-state index contributed by atoms with van der Waals surface area (Å²) >= 11 is 0. The molecule has 8 nitrogen and oxygen atoms in total. The number of nitrogens with zero attached hydrogens (tertiary/aromatic N) is 1. The maximum absolute atomic E-state index is 14.0. The van der Waals surface area contributed by atoms with Gasteiger partial charge in [0.25, 0.3) is 11.6 Å². The van der Waals surface area contributed by atoms with Crippen LogP contribution in [0.5, 0.6) is 0 Å². The van der Waals surface area contributed by atoms with Crippen LogP contribution in [0.1, 0.15) is 34.5 Å². The molecule has 0 aliphatic rings. The van der Waals surface area contributed by atoms with Crippen molar-refractivity contribution in [3.8, 4) is 0 Å². The summed E-state index contributed by atoms with van der Waals surface area (Å²) < 4.78 is 14.0. The maximum atomic E-state index is 14.0. The monoisotopic (exact) mass is 436 g/mol. The molecular formula is C23H21FN4O4. The normalized spacial score (nSPS) is 11.3. The van der Waals surface area contributed by atoms with Crippen molar-refractivity contribution in [1.82, 2.24) is 5.32 Å². The van der Waals surface area contributed by atoms with Crippen LogP contribution in [0.2, 0.25) is 0 Å². The molecule has 32 heavy (non-hydrogen) atoms. The van der Waals surface area contributed by atoms with Crippen molar-refractivity contribution in [2.45, 2.75) is 19.9 Å². The van der Waals surface area contributed by atoms with Crippen LogP contribution < -0.4 is 16.0 Å². The molecule has 0 bridgehead atoms. The number of nitrogens with one attached hydrogen (secondary N) is 3.